The van der Waals surface area contributed by atoms with E-state index in [1.54, 1.807) is 6.92 Å². The molecule has 0 saturated carbocycles. The average Bonchev–Trinajstić information content (AvgIpc) is 2.04. The second kappa shape index (κ2) is 3.60. The van der Waals surface area contributed by atoms with Crippen molar-refractivity contribution < 1.29 is 9.50 Å². The van der Waals surface area contributed by atoms with Crippen LogP contribution in [0.5, 0.6) is 0 Å². The molecule has 0 spiro atoms. The van der Waals surface area contributed by atoms with Crippen LogP contribution in [0.15, 0.2) is 18.3 Å². The first kappa shape index (κ1) is 9.09. The van der Waals surface area contributed by atoms with Crippen molar-refractivity contribution in [1.82, 2.24) is 4.98 Å². The third kappa shape index (κ3) is 1.99. The second-order valence-corrected chi connectivity index (χ2v) is 2.71. The number of rotatable bonds is 2. The fraction of sp³-hybridized carbons (Fsp3) is 0.375. The van der Waals surface area contributed by atoms with Crippen LogP contribution in [0.1, 0.15) is 18.7 Å². The smallest absolute Gasteiger partial charge is 0.141 e. The summed E-state index contributed by atoms with van der Waals surface area (Å²) in [7, 11) is 0. The van der Waals surface area contributed by atoms with Gasteiger partial charge in [-0.2, -0.15) is 0 Å². The van der Waals surface area contributed by atoms with Crippen LogP contribution in [-0.4, -0.2) is 16.1 Å². The predicted octanol–water partition coefficient (Wildman–Crippen LogP) is 0.601. The van der Waals surface area contributed by atoms with Crippen molar-refractivity contribution in [1.29, 1.82) is 0 Å². The van der Waals surface area contributed by atoms with Gasteiger partial charge in [0.05, 0.1) is 11.9 Å². The van der Waals surface area contributed by atoms with E-state index in [9.17, 15) is 9.50 Å². The third-order valence-corrected chi connectivity index (χ3v) is 1.55. The van der Waals surface area contributed by atoms with E-state index in [0.717, 1.165) is 6.20 Å². The summed E-state index contributed by atoms with van der Waals surface area (Å²) in [4.78, 5) is 3.69. The molecule has 66 valence electrons. The van der Waals surface area contributed by atoms with Gasteiger partial charge < -0.3 is 10.8 Å². The summed E-state index contributed by atoms with van der Waals surface area (Å²) in [5.74, 6) is -0.421. The minimum Gasteiger partial charge on any atom is -0.385 e. The number of pyridine rings is 1. The lowest BCUT2D eigenvalue weighted by Crippen LogP contribution is -2.25. The molecule has 0 aliphatic heterocycles. The summed E-state index contributed by atoms with van der Waals surface area (Å²) in [5, 5.41) is 9.38. The predicted molar refractivity (Wildman–Crippen MR) is 42.8 cm³/mol. The molecule has 0 radical (unpaired) electrons. The molecule has 12 heavy (non-hydrogen) atoms. The van der Waals surface area contributed by atoms with E-state index in [2.05, 4.69) is 4.98 Å². The van der Waals surface area contributed by atoms with Gasteiger partial charge in [0.25, 0.3) is 0 Å². The molecule has 4 heteroatoms. The number of nitrogens with two attached hydrogens (primary N) is 1. The molecular formula is C8H11FN2O. The van der Waals surface area contributed by atoms with Gasteiger partial charge in [-0.05, 0) is 19.1 Å². The second-order valence-electron chi connectivity index (χ2n) is 2.71. The van der Waals surface area contributed by atoms with Crippen molar-refractivity contribution in [3.8, 4) is 0 Å². The van der Waals surface area contributed by atoms with Crippen LogP contribution in [0, 0.1) is 5.82 Å². The average molecular weight is 170 g/mol. The van der Waals surface area contributed by atoms with Crippen molar-refractivity contribution >= 4 is 0 Å². The highest BCUT2D eigenvalue weighted by Crippen LogP contribution is 2.12. The zero-order valence-electron chi connectivity index (χ0n) is 6.74. The van der Waals surface area contributed by atoms with Crippen molar-refractivity contribution in [2.24, 2.45) is 5.73 Å². The number of aromatic nitrogens is 1. The van der Waals surface area contributed by atoms with Gasteiger partial charge in [0.15, 0.2) is 0 Å². The minimum absolute atomic E-state index is 0.395. The maximum Gasteiger partial charge on any atom is 0.141 e. The normalized spacial score (nSPS) is 15.7. The highest BCUT2D eigenvalue weighted by Gasteiger charge is 2.12. The lowest BCUT2D eigenvalue weighted by molar-refractivity contribution is 0.148. The van der Waals surface area contributed by atoms with E-state index in [1.165, 1.54) is 12.1 Å². The molecule has 0 saturated heterocycles. The molecule has 0 aromatic carbocycles. The Morgan fingerprint density at radius 1 is 1.58 bits per heavy atom. The third-order valence-electron chi connectivity index (χ3n) is 1.55. The largest absolute Gasteiger partial charge is 0.385 e. The minimum atomic E-state index is -0.828. The maximum absolute atomic E-state index is 12.4. The van der Waals surface area contributed by atoms with Gasteiger partial charge in [0.1, 0.15) is 11.9 Å². The van der Waals surface area contributed by atoms with Gasteiger partial charge in [-0.3, -0.25) is 4.98 Å². The summed E-state index contributed by atoms with van der Waals surface area (Å²) in [6, 6.07) is 2.26. The highest BCUT2D eigenvalue weighted by molar-refractivity contribution is 5.09. The van der Waals surface area contributed by atoms with Crippen LogP contribution >= 0.6 is 0 Å². The Balaban J connectivity index is 2.82. The number of hydrogen-bond acceptors (Lipinski definition) is 3. The van der Waals surface area contributed by atoms with Crippen LogP contribution < -0.4 is 5.73 Å². The maximum atomic E-state index is 12.4. The molecule has 0 unspecified atom stereocenters. The molecule has 1 aromatic heterocycles. The van der Waals surface area contributed by atoms with E-state index in [4.69, 9.17) is 5.73 Å². The van der Waals surface area contributed by atoms with E-state index in [0.29, 0.717) is 5.69 Å². The Bertz CT molecular complexity index is 248. The summed E-state index contributed by atoms with van der Waals surface area (Å²) >= 11 is 0. The summed E-state index contributed by atoms with van der Waals surface area (Å²) in [6.45, 7) is 1.66. The highest BCUT2D eigenvalue weighted by atomic mass is 19.1. The first-order valence-electron chi connectivity index (χ1n) is 3.66. The molecule has 0 aliphatic rings. The molecule has 1 heterocycles. The number of hydrogen-bond donors (Lipinski definition) is 2. The van der Waals surface area contributed by atoms with E-state index < -0.39 is 18.0 Å². The van der Waals surface area contributed by atoms with E-state index in [1.807, 2.05) is 0 Å². The molecular weight excluding hydrogens is 159 g/mol. The molecule has 0 bridgehead atoms. The SMILES string of the molecule is C[C@H](N)[C@H](O)c1ccc(F)cn1. The van der Waals surface area contributed by atoms with Crippen LogP contribution in [0.3, 0.4) is 0 Å². The Labute approximate surface area is 70.0 Å². The summed E-state index contributed by atoms with van der Waals surface area (Å²) in [6.07, 6.45) is 0.228. The van der Waals surface area contributed by atoms with Gasteiger partial charge in [0.2, 0.25) is 0 Å². The summed E-state index contributed by atoms with van der Waals surface area (Å²) < 4.78 is 12.4. The molecule has 3 N–H and O–H groups in total. The van der Waals surface area contributed by atoms with Crippen LogP contribution in [-0.2, 0) is 0 Å². The van der Waals surface area contributed by atoms with Crippen LogP contribution in [0.25, 0.3) is 0 Å². The summed E-state index contributed by atoms with van der Waals surface area (Å²) in [5.41, 5.74) is 5.82. The van der Waals surface area contributed by atoms with Gasteiger partial charge in [-0.1, -0.05) is 0 Å². The molecule has 3 nitrogen and oxygen atoms in total. The van der Waals surface area contributed by atoms with Crippen molar-refractivity contribution in [2.75, 3.05) is 0 Å². The molecule has 0 aliphatic carbocycles. The first-order chi connectivity index (χ1) is 5.61. The van der Waals surface area contributed by atoms with Crippen molar-refractivity contribution in [3.05, 3.63) is 29.8 Å². The Morgan fingerprint density at radius 2 is 2.25 bits per heavy atom. The molecule has 0 fully saturated rings. The van der Waals surface area contributed by atoms with Gasteiger partial charge >= 0.3 is 0 Å². The zero-order valence-corrected chi connectivity index (χ0v) is 6.74. The Morgan fingerprint density at radius 3 is 2.67 bits per heavy atom. The molecule has 0 amide bonds. The van der Waals surface area contributed by atoms with Gasteiger partial charge in [-0.25, -0.2) is 4.39 Å². The Hall–Kier alpha value is -1.00. The first-order valence-corrected chi connectivity index (χ1v) is 3.66. The fourth-order valence-electron chi connectivity index (χ4n) is 0.832. The number of aliphatic hydroxyl groups excluding tert-OH is 1. The number of halogens is 1. The Kier molecular flexibility index (Phi) is 2.73. The quantitative estimate of drug-likeness (QED) is 0.683. The number of nitrogens with zero attached hydrogens (tertiary/aromatic N) is 1. The van der Waals surface area contributed by atoms with Crippen molar-refractivity contribution in [2.45, 2.75) is 19.1 Å². The van der Waals surface area contributed by atoms with Crippen LogP contribution in [0.4, 0.5) is 4.39 Å². The topological polar surface area (TPSA) is 59.1 Å². The van der Waals surface area contributed by atoms with E-state index in [-0.39, 0.29) is 0 Å². The lowest BCUT2D eigenvalue weighted by atomic mass is 10.1. The van der Waals surface area contributed by atoms with Gasteiger partial charge in [0, 0.05) is 6.04 Å². The lowest BCUT2D eigenvalue weighted by Gasteiger charge is -2.12. The molecule has 1 aromatic rings. The van der Waals surface area contributed by atoms with E-state index >= 15 is 0 Å². The molecule has 1 rings (SSSR count). The van der Waals surface area contributed by atoms with Crippen molar-refractivity contribution in [3.63, 3.8) is 0 Å². The zero-order chi connectivity index (χ0) is 9.14. The standard InChI is InChI=1S/C8H11FN2O/c1-5(10)8(12)7-3-2-6(9)4-11-7/h2-5,8,12H,10H2,1H3/t5-,8-/m0/s1. The monoisotopic (exact) mass is 170 g/mol. The van der Waals surface area contributed by atoms with Crippen LogP contribution in [0.2, 0.25) is 0 Å². The molecule has 2 atom stereocenters. The van der Waals surface area contributed by atoms with Gasteiger partial charge in [-0.15, -0.1) is 0 Å². The number of aliphatic hydroxyl groups is 1. The fourth-order valence-corrected chi connectivity index (χ4v) is 0.832.